The molecule has 0 spiro atoms. The molecule has 0 aliphatic rings. The molecule has 0 aromatic carbocycles. The largest absolute Gasteiger partial charge is 0.395 e. The Bertz CT molecular complexity index is 349. The first-order valence-electron chi connectivity index (χ1n) is 6.67. The van der Waals surface area contributed by atoms with Crippen molar-refractivity contribution < 1.29 is 37.4 Å². The van der Waals surface area contributed by atoms with Gasteiger partial charge in [-0.2, -0.15) is 17.6 Å². The van der Waals surface area contributed by atoms with Gasteiger partial charge in [0.05, 0.1) is 25.3 Å². The van der Waals surface area contributed by atoms with Gasteiger partial charge in [-0.05, 0) is 12.8 Å². The van der Waals surface area contributed by atoms with Gasteiger partial charge >= 0.3 is 11.8 Å². The zero-order valence-electron chi connectivity index (χ0n) is 12.2. The second-order valence-corrected chi connectivity index (χ2v) is 4.67. The van der Waals surface area contributed by atoms with Crippen LogP contribution in [0.2, 0.25) is 0 Å². The standard InChI is InChI=1S/C12H20F4N2O4/c1-3-7(5-19)17-9(21)11(13,14)12(15,16)10(22)18-8(4-2)6-20/h7-8,19-20H,3-6H2,1-2H3,(H,17,21)(H,18,22)/t7-,8+. The van der Waals surface area contributed by atoms with Gasteiger partial charge in [-0.1, -0.05) is 13.8 Å². The summed E-state index contributed by atoms with van der Waals surface area (Å²) in [4.78, 5) is 22.6. The lowest BCUT2D eigenvalue weighted by Crippen LogP contribution is -2.62. The van der Waals surface area contributed by atoms with Gasteiger partial charge in [0.15, 0.2) is 0 Å². The minimum Gasteiger partial charge on any atom is -0.394 e. The van der Waals surface area contributed by atoms with Gasteiger partial charge in [-0.3, -0.25) is 9.59 Å². The van der Waals surface area contributed by atoms with E-state index in [2.05, 4.69) is 0 Å². The average molecular weight is 332 g/mol. The van der Waals surface area contributed by atoms with Crippen molar-refractivity contribution in [2.45, 2.75) is 50.6 Å². The first-order chi connectivity index (χ1) is 10.1. The molecule has 0 bridgehead atoms. The van der Waals surface area contributed by atoms with Crippen LogP contribution in [0.1, 0.15) is 26.7 Å². The lowest BCUT2D eigenvalue weighted by Gasteiger charge is -2.27. The predicted molar refractivity (Wildman–Crippen MR) is 68.5 cm³/mol. The molecule has 2 amide bonds. The average Bonchev–Trinajstić information content (AvgIpc) is 2.48. The summed E-state index contributed by atoms with van der Waals surface area (Å²) in [5, 5.41) is 20.7. The van der Waals surface area contributed by atoms with Crippen molar-refractivity contribution in [3.05, 3.63) is 0 Å². The molecule has 0 radical (unpaired) electrons. The third-order valence-electron chi connectivity index (χ3n) is 3.06. The van der Waals surface area contributed by atoms with E-state index < -0.39 is 49.0 Å². The van der Waals surface area contributed by atoms with E-state index in [4.69, 9.17) is 10.2 Å². The number of halogens is 4. The predicted octanol–water partition coefficient (Wildman–Crippen LogP) is 0.0312. The van der Waals surface area contributed by atoms with Crippen LogP contribution < -0.4 is 10.6 Å². The Morgan fingerprint density at radius 1 is 0.864 bits per heavy atom. The second kappa shape index (κ2) is 8.28. The highest BCUT2D eigenvalue weighted by atomic mass is 19.3. The van der Waals surface area contributed by atoms with Crippen LogP contribution in [0.3, 0.4) is 0 Å². The molecule has 22 heavy (non-hydrogen) atoms. The Morgan fingerprint density at radius 2 is 1.14 bits per heavy atom. The van der Waals surface area contributed by atoms with Gasteiger partial charge < -0.3 is 20.8 Å². The highest BCUT2D eigenvalue weighted by molar-refractivity contribution is 5.95. The van der Waals surface area contributed by atoms with Crippen LogP contribution in [0.15, 0.2) is 0 Å². The Balaban J connectivity index is 5.12. The molecule has 0 aromatic heterocycles. The number of hydrogen-bond acceptors (Lipinski definition) is 4. The molecule has 0 fully saturated rings. The van der Waals surface area contributed by atoms with Crippen molar-refractivity contribution in [2.75, 3.05) is 13.2 Å². The SMILES string of the molecule is CC[C@H](CO)NC(=O)C(F)(F)C(F)(F)C(=O)N[C@@H](CC)CO. The van der Waals surface area contributed by atoms with Crippen molar-refractivity contribution in [3.63, 3.8) is 0 Å². The number of amides is 2. The lowest BCUT2D eigenvalue weighted by atomic mass is 10.1. The molecule has 2 atom stereocenters. The van der Waals surface area contributed by atoms with E-state index in [0.29, 0.717) is 0 Å². The molecule has 0 aliphatic heterocycles. The smallest absolute Gasteiger partial charge is 0.394 e. The van der Waals surface area contributed by atoms with E-state index in [1.807, 2.05) is 0 Å². The van der Waals surface area contributed by atoms with Crippen LogP contribution in [0, 0.1) is 0 Å². The molecular weight excluding hydrogens is 312 g/mol. The first-order valence-corrected chi connectivity index (χ1v) is 6.67. The topological polar surface area (TPSA) is 98.7 Å². The molecule has 0 heterocycles. The minimum atomic E-state index is -5.30. The van der Waals surface area contributed by atoms with Crippen LogP contribution in [-0.4, -0.2) is 59.2 Å². The maximum atomic E-state index is 13.6. The summed E-state index contributed by atoms with van der Waals surface area (Å²) >= 11 is 0. The van der Waals surface area contributed by atoms with E-state index >= 15 is 0 Å². The minimum absolute atomic E-state index is 0.0402. The van der Waals surface area contributed by atoms with Gasteiger partial charge in [0.1, 0.15) is 0 Å². The summed E-state index contributed by atoms with van der Waals surface area (Å²) in [6.45, 7) is 1.46. The number of nitrogens with one attached hydrogen (secondary N) is 2. The Morgan fingerprint density at radius 3 is 1.32 bits per heavy atom. The molecule has 6 nitrogen and oxygen atoms in total. The highest BCUT2D eigenvalue weighted by Crippen LogP contribution is 2.35. The van der Waals surface area contributed by atoms with Crippen molar-refractivity contribution in [1.29, 1.82) is 0 Å². The fourth-order valence-electron chi connectivity index (χ4n) is 1.39. The maximum absolute atomic E-state index is 13.6. The molecule has 0 saturated carbocycles. The quantitative estimate of drug-likeness (QED) is 0.448. The normalized spacial score (nSPS) is 15.1. The molecule has 10 heteroatoms. The Labute approximate surface area is 124 Å². The molecule has 130 valence electrons. The van der Waals surface area contributed by atoms with E-state index in [1.165, 1.54) is 13.8 Å². The second-order valence-electron chi connectivity index (χ2n) is 4.67. The van der Waals surface area contributed by atoms with Crippen LogP contribution in [-0.2, 0) is 9.59 Å². The Hall–Kier alpha value is -1.42. The van der Waals surface area contributed by atoms with E-state index in [9.17, 15) is 27.2 Å². The number of aliphatic hydroxyl groups excluding tert-OH is 2. The molecule has 0 saturated heterocycles. The van der Waals surface area contributed by atoms with Gasteiger partial charge in [-0.25, -0.2) is 0 Å². The third kappa shape index (κ3) is 4.54. The van der Waals surface area contributed by atoms with E-state index in [1.54, 1.807) is 10.6 Å². The number of rotatable bonds is 9. The van der Waals surface area contributed by atoms with Gasteiger partial charge in [0.2, 0.25) is 0 Å². The number of carbonyl (C=O) groups is 2. The lowest BCUT2D eigenvalue weighted by molar-refractivity contribution is -0.212. The molecule has 4 N–H and O–H groups in total. The molecular formula is C12H20F4N2O4. The monoisotopic (exact) mass is 332 g/mol. The number of carbonyl (C=O) groups excluding carboxylic acids is 2. The molecule has 0 aromatic rings. The zero-order chi connectivity index (χ0) is 17.6. The van der Waals surface area contributed by atoms with Gasteiger partial charge in [-0.15, -0.1) is 0 Å². The van der Waals surface area contributed by atoms with Gasteiger partial charge in [0.25, 0.3) is 11.8 Å². The summed E-state index contributed by atoms with van der Waals surface area (Å²) in [7, 11) is 0. The highest BCUT2D eigenvalue weighted by Gasteiger charge is 2.67. The van der Waals surface area contributed by atoms with Crippen molar-refractivity contribution in [3.8, 4) is 0 Å². The zero-order valence-corrected chi connectivity index (χ0v) is 12.2. The van der Waals surface area contributed by atoms with E-state index in [-0.39, 0.29) is 12.8 Å². The van der Waals surface area contributed by atoms with Crippen molar-refractivity contribution in [2.24, 2.45) is 0 Å². The summed E-state index contributed by atoms with van der Waals surface area (Å²) in [6.07, 6.45) is 0.0804. The molecule has 0 rings (SSSR count). The Kier molecular flexibility index (Phi) is 7.74. The van der Waals surface area contributed by atoms with Crippen molar-refractivity contribution >= 4 is 11.8 Å². The van der Waals surface area contributed by atoms with Crippen LogP contribution >= 0.6 is 0 Å². The molecule has 0 unspecified atom stereocenters. The number of aliphatic hydroxyl groups is 2. The van der Waals surface area contributed by atoms with Gasteiger partial charge in [0, 0.05) is 0 Å². The third-order valence-corrected chi connectivity index (χ3v) is 3.06. The summed E-state index contributed by atoms with van der Waals surface area (Å²) in [5.74, 6) is -15.3. The first kappa shape index (κ1) is 20.6. The fraction of sp³-hybridized carbons (Fsp3) is 0.833. The van der Waals surface area contributed by atoms with Crippen LogP contribution in [0.4, 0.5) is 17.6 Å². The maximum Gasteiger partial charge on any atom is 0.395 e. The van der Waals surface area contributed by atoms with E-state index in [0.717, 1.165) is 0 Å². The summed E-state index contributed by atoms with van der Waals surface area (Å²) in [6, 6.07) is -2.25. The number of hydrogen-bond donors (Lipinski definition) is 4. The summed E-state index contributed by atoms with van der Waals surface area (Å²) < 4.78 is 54.3. The van der Waals surface area contributed by atoms with Crippen LogP contribution in [0.25, 0.3) is 0 Å². The fourth-order valence-corrected chi connectivity index (χ4v) is 1.39. The summed E-state index contributed by atoms with van der Waals surface area (Å²) in [5.41, 5.74) is 0. The molecule has 0 aliphatic carbocycles. The van der Waals surface area contributed by atoms with Crippen LogP contribution in [0.5, 0.6) is 0 Å². The van der Waals surface area contributed by atoms with Crippen molar-refractivity contribution in [1.82, 2.24) is 10.6 Å². The number of alkyl halides is 4.